The molecule has 20 heavy (non-hydrogen) atoms. The number of unbranched alkanes of at least 4 members (excludes halogenated alkanes) is 2. The molecule has 0 bridgehead atoms. The SMILES string of the molecule is CCCCCNC(=O)c1c(C)nc(C(C)C)nc1SC. The molecule has 0 saturated heterocycles. The van der Waals surface area contributed by atoms with Crippen molar-refractivity contribution in [2.75, 3.05) is 12.8 Å². The molecule has 1 N–H and O–H groups in total. The highest BCUT2D eigenvalue weighted by atomic mass is 32.2. The predicted molar refractivity (Wildman–Crippen MR) is 84.5 cm³/mol. The molecule has 0 spiro atoms. The summed E-state index contributed by atoms with van der Waals surface area (Å²) < 4.78 is 0. The van der Waals surface area contributed by atoms with Gasteiger partial charge in [-0.1, -0.05) is 33.6 Å². The van der Waals surface area contributed by atoms with Crippen molar-refractivity contribution >= 4 is 17.7 Å². The lowest BCUT2D eigenvalue weighted by atomic mass is 10.1. The van der Waals surface area contributed by atoms with Gasteiger partial charge in [-0.2, -0.15) is 0 Å². The average Bonchev–Trinajstić information content (AvgIpc) is 2.42. The molecule has 112 valence electrons. The Morgan fingerprint density at radius 1 is 1.30 bits per heavy atom. The molecular formula is C15H25N3OS. The topological polar surface area (TPSA) is 54.9 Å². The average molecular weight is 295 g/mol. The quantitative estimate of drug-likeness (QED) is 0.475. The normalized spacial score (nSPS) is 10.9. The van der Waals surface area contributed by atoms with E-state index in [1.807, 2.05) is 13.2 Å². The van der Waals surface area contributed by atoms with Gasteiger partial charge >= 0.3 is 0 Å². The molecule has 4 nitrogen and oxygen atoms in total. The molecule has 1 rings (SSSR count). The van der Waals surface area contributed by atoms with Gasteiger partial charge in [0.2, 0.25) is 0 Å². The Balaban J connectivity index is 2.90. The van der Waals surface area contributed by atoms with Crippen LogP contribution in [0.2, 0.25) is 0 Å². The van der Waals surface area contributed by atoms with E-state index < -0.39 is 0 Å². The number of nitrogens with zero attached hydrogens (tertiary/aromatic N) is 2. The predicted octanol–water partition coefficient (Wildman–Crippen LogP) is 3.55. The minimum atomic E-state index is -0.0572. The van der Waals surface area contributed by atoms with Gasteiger partial charge in [-0.05, 0) is 19.6 Å². The summed E-state index contributed by atoms with van der Waals surface area (Å²) >= 11 is 1.50. The molecule has 0 saturated carbocycles. The van der Waals surface area contributed by atoms with Gasteiger partial charge in [0.15, 0.2) is 0 Å². The van der Waals surface area contributed by atoms with Crippen molar-refractivity contribution < 1.29 is 4.79 Å². The van der Waals surface area contributed by atoms with Gasteiger partial charge in [-0.15, -0.1) is 11.8 Å². The van der Waals surface area contributed by atoms with Crippen LogP contribution in [-0.2, 0) is 0 Å². The van der Waals surface area contributed by atoms with Crippen LogP contribution in [0.1, 0.15) is 67.8 Å². The maximum atomic E-state index is 12.3. The van der Waals surface area contributed by atoms with E-state index in [1.165, 1.54) is 11.8 Å². The van der Waals surface area contributed by atoms with Crippen molar-refractivity contribution in [2.45, 2.75) is 57.9 Å². The Morgan fingerprint density at radius 3 is 2.55 bits per heavy atom. The molecule has 0 aliphatic carbocycles. The molecule has 1 aromatic heterocycles. The summed E-state index contributed by atoms with van der Waals surface area (Å²) in [4.78, 5) is 21.3. The van der Waals surface area contributed by atoms with Crippen LogP contribution in [0.3, 0.4) is 0 Å². The lowest BCUT2D eigenvalue weighted by Gasteiger charge is -2.13. The third-order valence-electron chi connectivity index (χ3n) is 3.08. The minimum absolute atomic E-state index is 0.0572. The van der Waals surface area contributed by atoms with Crippen LogP contribution in [-0.4, -0.2) is 28.7 Å². The fraction of sp³-hybridized carbons (Fsp3) is 0.667. The van der Waals surface area contributed by atoms with Gasteiger partial charge in [0.05, 0.1) is 11.3 Å². The number of hydrogen-bond acceptors (Lipinski definition) is 4. The van der Waals surface area contributed by atoms with E-state index in [4.69, 9.17) is 0 Å². The Bertz CT molecular complexity index is 461. The zero-order valence-corrected chi connectivity index (χ0v) is 13.9. The summed E-state index contributed by atoms with van der Waals surface area (Å²) in [5.74, 6) is 1.01. The van der Waals surface area contributed by atoms with E-state index >= 15 is 0 Å². The summed E-state index contributed by atoms with van der Waals surface area (Å²) in [6.45, 7) is 8.86. The van der Waals surface area contributed by atoms with Gasteiger partial charge in [0.25, 0.3) is 5.91 Å². The van der Waals surface area contributed by atoms with Gasteiger partial charge in [0, 0.05) is 12.5 Å². The molecule has 0 aromatic carbocycles. The largest absolute Gasteiger partial charge is 0.352 e. The summed E-state index contributed by atoms with van der Waals surface area (Å²) in [7, 11) is 0. The Labute approximate surface area is 126 Å². The first-order valence-corrected chi connectivity index (χ1v) is 8.44. The molecular weight excluding hydrogens is 270 g/mol. The second-order valence-corrected chi connectivity index (χ2v) is 5.96. The number of carbonyl (C=O) groups excluding carboxylic acids is 1. The Hall–Kier alpha value is -1.10. The minimum Gasteiger partial charge on any atom is -0.352 e. The molecule has 0 aliphatic rings. The summed E-state index contributed by atoms with van der Waals surface area (Å²) in [5, 5.41) is 3.74. The molecule has 0 fully saturated rings. The van der Waals surface area contributed by atoms with E-state index in [9.17, 15) is 4.79 Å². The van der Waals surface area contributed by atoms with Crippen LogP contribution >= 0.6 is 11.8 Å². The van der Waals surface area contributed by atoms with E-state index in [1.54, 1.807) is 0 Å². The van der Waals surface area contributed by atoms with Crippen molar-refractivity contribution in [1.82, 2.24) is 15.3 Å². The maximum absolute atomic E-state index is 12.3. The van der Waals surface area contributed by atoms with Crippen LogP contribution in [0.4, 0.5) is 0 Å². The van der Waals surface area contributed by atoms with Gasteiger partial charge < -0.3 is 5.32 Å². The molecule has 0 radical (unpaired) electrons. The fourth-order valence-electron chi connectivity index (χ4n) is 1.90. The highest BCUT2D eigenvalue weighted by Crippen LogP contribution is 2.23. The van der Waals surface area contributed by atoms with E-state index in [0.29, 0.717) is 12.1 Å². The van der Waals surface area contributed by atoms with Gasteiger partial charge in [0.1, 0.15) is 10.9 Å². The summed E-state index contributed by atoms with van der Waals surface area (Å²) in [5.41, 5.74) is 1.39. The lowest BCUT2D eigenvalue weighted by Crippen LogP contribution is -2.27. The third kappa shape index (κ3) is 4.47. The number of aryl methyl sites for hydroxylation is 1. The summed E-state index contributed by atoms with van der Waals surface area (Å²) in [6.07, 6.45) is 5.25. The third-order valence-corrected chi connectivity index (χ3v) is 3.76. The first-order valence-electron chi connectivity index (χ1n) is 7.21. The summed E-state index contributed by atoms with van der Waals surface area (Å²) in [6, 6.07) is 0. The van der Waals surface area contributed by atoms with Gasteiger partial charge in [-0.3, -0.25) is 4.79 Å². The van der Waals surface area contributed by atoms with Crippen molar-refractivity contribution in [2.24, 2.45) is 0 Å². The molecule has 5 heteroatoms. The van der Waals surface area contributed by atoms with Crippen LogP contribution in [0.5, 0.6) is 0 Å². The number of hydrogen-bond donors (Lipinski definition) is 1. The number of carbonyl (C=O) groups is 1. The molecule has 1 heterocycles. The maximum Gasteiger partial charge on any atom is 0.255 e. The molecule has 0 unspecified atom stereocenters. The van der Waals surface area contributed by atoms with Crippen LogP contribution in [0, 0.1) is 6.92 Å². The molecule has 1 amide bonds. The number of nitrogens with one attached hydrogen (secondary N) is 1. The van der Waals surface area contributed by atoms with Crippen molar-refractivity contribution in [3.05, 3.63) is 17.1 Å². The van der Waals surface area contributed by atoms with E-state index in [2.05, 4.69) is 36.1 Å². The van der Waals surface area contributed by atoms with Crippen molar-refractivity contribution in [3.63, 3.8) is 0 Å². The first kappa shape index (κ1) is 17.0. The first-order chi connectivity index (χ1) is 9.51. The second kappa shape index (κ2) is 8.25. The van der Waals surface area contributed by atoms with E-state index in [-0.39, 0.29) is 11.8 Å². The molecule has 0 atom stereocenters. The highest BCUT2D eigenvalue weighted by Gasteiger charge is 2.18. The standard InChI is InChI=1S/C15H25N3OS/c1-6-7-8-9-16-14(19)12-11(4)17-13(10(2)3)18-15(12)20-5/h10H,6-9H2,1-5H3,(H,16,19). The van der Waals surface area contributed by atoms with Crippen LogP contribution in [0.15, 0.2) is 5.03 Å². The number of aromatic nitrogens is 2. The number of rotatable bonds is 7. The lowest BCUT2D eigenvalue weighted by molar-refractivity contribution is 0.0948. The molecule has 0 aliphatic heterocycles. The molecule has 1 aromatic rings. The number of thioether (sulfide) groups is 1. The van der Waals surface area contributed by atoms with Gasteiger partial charge in [-0.25, -0.2) is 9.97 Å². The Morgan fingerprint density at radius 2 is 2.00 bits per heavy atom. The Kier molecular flexibility index (Phi) is 6.99. The van der Waals surface area contributed by atoms with Crippen LogP contribution in [0.25, 0.3) is 0 Å². The smallest absolute Gasteiger partial charge is 0.255 e. The van der Waals surface area contributed by atoms with Crippen LogP contribution < -0.4 is 5.32 Å². The fourth-order valence-corrected chi connectivity index (χ4v) is 2.53. The highest BCUT2D eigenvalue weighted by molar-refractivity contribution is 7.98. The second-order valence-electron chi connectivity index (χ2n) is 5.17. The van der Waals surface area contributed by atoms with E-state index in [0.717, 1.165) is 35.8 Å². The zero-order valence-electron chi connectivity index (χ0n) is 13.1. The monoisotopic (exact) mass is 295 g/mol. The number of amides is 1. The van der Waals surface area contributed by atoms with Crippen molar-refractivity contribution in [3.8, 4) is 0 Å². The van der Waals surface area contributed by atoms with Crippen molar-refractivity contribution in [1.29, 1.82) is 0 Å². The zero-order chi connectivity index (χ0) is 15.1.